The maximum absolute atomic E-state index is 10.7. The van der Waals surface area contributed by atoms with E-state index >= 15 is 0 Å². The summed E-state index contributed by atoms with van der Waals surface area (Å²) < 4.78 is 0. The van der Waals surface area contributed by atoms with Crippen LogP contribution in [0.25, 0.3) is 5.57 Å². The van der Waals surface area contributed by atoms with Gasteiger partial charge in [0.1, 0.15) is 0 Å². The minimum Gasteiger partial charge on any atom is -0.478 e. The quantitative estimate of drug-likeness (QED) is 0.819. The summed E-state index contributed by atoms with van der Waals surface area (Å²) in [6.45, 7) is 8.47. The van der Waals surface area contributed by atoms with E-state index in [1.807, 2.05) is 19.1 Å². The van der Waals surface area contributed by atoms with E-state index in [-0.39, 0.29) is 5.41 Å². The SMILES string of the molecule is C/C(=C\C(C)(C)C)c1ccc(C(=O)O)cc1. The number of carbonyl (C=O) groups is 1. The van der Waals surface area contributed by atoms with Crippen LogP contribution in [0.5, 0.6) is 0 Å². The molecular formula is C14H18O2. The Morgan fingerprint density at radius 1 is 1.12 bits per heavy atom. The summed E-state index contributed by atoms with van der Waals surface area (Å²) in [4.78, 5) is 10.7. The standard InChI is InChI=1S/C14H18O2/c1-10(9-14(2,3)4)11-5-7-12(8-6-11)13(15)16/h5-9H,1-4H3,(H,15,16)/b10-9+. The molecule has 0 aromatic heterocycles. The van der Waals surface area contributed by atoms with Gasteiger partial charge in [-0.1, -0.05) is 39.0 Å². The van der Waals surface area contributed by atoms with E-state index < -0.39 is 5.97 Å². The van der Waals surface area contributed by atoms with Crippen molar-refractivity contribution in [3.63, 3.8) is 0 Å². The van der Waals surface area contributed by atoms with E-state index in [2.05, 4.69) is 26.8 Å². The second-order valence-electron chi connectivity index (χ2n) is 5.08. The zero-order chi connectivity index (χ0) is 12.3. The van der Waals surface area contributed by atoms with Crippen LogP contribution in [0.2, 0.25) is 0 Å². The monoisotopic (exact) mass is 218 g/mol. The molecule has 86 valence electrons. The van der Waals surface area contributed by atoms with Crippen LogP contribution in [0.1, 0.15) is 43.6 Å². The number of rotatable bonds is 2. The van der Waals surface area contributed by atoms with Crippen molar-refractivity contribution in [2.24, 2.45) is 5.41 Å². The molecule has 0 aliphatic carbocycles. The maximum Gasteiger partial charge on any atom is 0.335 e. The van der Waals surface area contributed by atoms with Crippen LogP contribution >= 0.6 is 0 Å². The van der Waals surface area contributed by atoms with Crippen LogP contribution in [-0.2, 0) is 0 Å². The molecular weight excluding hydrogens is 200 g/mol. The third-order valence-corrected chi connectivity index (χ3v) is 2.24. The highest BCUT2D eigenvalue weighted by molar-refractivity contribution is 5.88. The van der Waals surface area contributed by atoms with E-state index in [0.29, 0.717) is 5.56 Å². The van der Waals surface area contributed by atoms with Gasteiger partial charge in [0.05, 0.1) is 5.56 Å². The second-order valence-corrected chi connectivity index (χ2v) is 5.08. The topological polar surface area (TPSA) is 37.3 Å². The summed E-state index contributed by atoms with van der Waals surface area (Å²) in [7, 11) is 0. The molecule has 1 aromatic rings. The summed E-state index contributed by atoms with van der Waals surface area (Å²) in [6.07, 6.45) is 2.18. The first-order valence-corrected chi connectivity index (χ1v) is 5.33. The van der Waals surface area contributed by atoms with Crippen molar-refractivity contribution in [2.75, 3.05) is 0 Å². The molecule has 1 rings (SSSR count). The Kier molecular flexibility index (Phi) is 3.53. The highest BCUT2D eigenvalue weighted by atomic mass is 16.4. The number of carboxylic acids is 1. The van der Waals surface area contributed by atoms with Crippen molar-refractivity contribution in [1.29, 1.82) is 0 Å². The summed E-state index contributed by atoms with van der Waals surface area (Å²) in [5.74, 6) is -0.885. The molecule has 16 heavy (non-hydrogen) atoms. The average Bonchev–Trinajstić information content (AvgIpc) is 2.15. The molecule has 0 spiro atoms. The number of allylic oxidation sites excluding steroid dienone is 2. The van der Waals surface area contributed by atoms with Crippen molar-refractivity contribution in [2.45, 2.75) is 27.7 Å². The lowest BCUT2D eigenvalue weighted by Crippen LogP contribution is -2.00. The Morgan fingerprint density at radius 2 is 1.56 bits per heavy atom. The van der Waals surface area contributed by atoms with E-state index in [9.17, 15) is 4.79 Å². The molecule has 0 bridgehead atoms. The minimum absolute atomic E-state index is 0.134. The number of aromatic carboxylic acids is 1. The fraction of sp³-hybridized carbons (Fsp3) is 0.357. The fourth-order valence-corrected chi connectivity index (χ4v) is 1.61. The molecule has 0 unspecified atom stereocenters. The summed E-state index contributed by atoms with van der Waals surface area (Å²) in [6, 6.07) is 6.97. The van der Waals surface area contributed by atoms with Crippen LogP contribution in [0.3, 0.4) is 0 Å². The van der Waals surface area contributed by atoms with Crippen LogP contribution in [-0.4, -0.2) is 11.1 Å². The number of benzene rings is 1. The van der Waals surface area contributed by atoms with Crippen molar-refractivity contribution in [3.8, 4) is 0 Å². The normalized spacial score (nSPS) is 12.6. The molecule has 0 aliphatic heterocycles. The first-order valence-electron chi connectivity index (χ1n) is 5.33. The highest BCUT2D eigenvalue weighted by Gasteiger charge is 2.08. The smallest absolute Gasteiger partial charge is 0.335 e. The zero-order valence-corrected chi connectivity index (χ0v) is 10.2. The van der Waals surface area contributed by atoms with Gasteiger partial charge >= 0.3 is 5.97 Å². The van der Waals surface area contributed by atoms with Gasteiger partial charge in [0, 0.05) is 0 Å². The predicted molar refractivity (Wildman–Crippen MR) is 66.5 cm³/mol. The molecule has 0 fully saturated rings. The molecule has 1 aromatic carbocycles. The molecule has 0 amide bonds. The number of hydrogen-bond acceptors (Lipinski definition) is 1. The molecule has 0 saturated heterocycles. The Morgan fingerprint density at radius 3 is 1.94 bits per heavy atom. The van der Waals surface area contributed by atoms with Gasteiger partial charge in [0.2, 0.25) is 0 Å². The van der Waals surface area contributed by atoms with Gasteiger partial charge in [-0.25, -0.2) is 4.79 Å². The largest absolute Gasteiger partial charge is 0.478 e. The molecule has 0 radical (unpaired) electrons. The van der Waals surface area contributed by atoms with Gasteiger partial charge in [-0.2, -0.15) is 0 Å². The maximum atomic E-state index is 10.7. The van der Waals surface area contributed by atoms with Crippen LogP contribution < -0.4 is 0 Å². The number of hydrogen-bond donors (Lipinski definition) is 1. The first kappa shape index (κ1) is 12.5. The third kappa shape index (κ3) is 3.54. The molecule has 0 saturated carbocycles. The zero-order valence-electron chi connectivity index (χ0n) is 10.2. The van der Waals surface area contributed by atoms with E-state index in [0.717, 1.165) is 5.56 Å². The minimum atomic E-state index is -0.885. The van der Waals surface area contributed by atoms with E-state index in [1.54, 1.807) is 12.1 Å². The van der Waals surface area contributed by atoms with Gasteiger partial charge in [-0.05, 0) is 35.6 Å². The lowest BCUT2D eigenvalue weighted by Gasteiger charge is -2.14. The Bertz CT molecular complexity index is 405. The van der Waals surface area contributed by atoms with Gasteiger partial charge in [0.25, 0.3) is 0 Å². The predicted octanol–water partition coefficient (Wildman–Crippen LogP) is 3.83. The van der Waals surface area contributed by atoms with Crippen LogP contribution in [0.4, 0.5) is 0 Å². The fourth-order valence-electron chi connectivity index (χ4n) is 1.61. The Labute approximate surface area is 96.6 Å². The van der Waals surface area contributed by atoms with Crippen LogP contribution in [0.15, 0.2) is 30.3 Å². The van der Waals surface area contributed by atoms with Gasteiger partial charge in [-0.3, -0.25) is 0 Å². The molecule has 0 atom stereocenters. The summed E-state index contributed by atoms with van der Waals surface area (Å²) >= 11 is 0. The van der Waals surface area contributed by atoms with Gasteiger partial charge in [-0.15, -0.1) is 0 Å². The lowest BCUT2D eigenvalue weighted by molar-refractivity contribution is 0.0697. The lowest BCUT2D eigenvalue weighted by atomic mass is 9.91. The Balaban J connectivity index is 2.99. The van der Waals surface area contributed by atoms with E-state index in [4.69, 9.17) is 5.11 Å². The van der Waals surface area contributed by atoms with E-state index in [1.165, 1.54) is 5.57 Å². The van der Waals surface area contributed by atoms with Gasteiger partial charge < -0.3 is 5.11 Å². The first-order chi connectivity index (χ1) is 7.29. The summed E-state index contributed by atoms with van der Waals surface area (Å²) in [5.41, 5.74) is 2.70. The third-order valence-electron chi connectivity index (χ3n) is 2.24. The second kappa shape index (κ2) is 4.52. The Hall–Kier alpha value is -1.57. The molecule has 0 heterocycles. The summed E-state index contributed by atoms with van der Waals surface area (Å²) in [5, 5.41) is 8.79. The van der Waals surface area contributed by atoms with Gasteiger partial charge in [0.15, 0.2) is 0 Å². The molecule has 2 nitrogen and oxygen atoms in total. The van der Waals surface area contributed by atoms with Crippen molar-refractivity contribution < 1.29 is 9.90 Å². The molecule has 2 heteroatoms. The highest BCUT2D eigenvalue weighted by Crippen LogP contribution is 2.23. The van der Waals surface area contributed by atoms with Crippen molar-refractivity contribution in [1.82, 2.24) is 0 Å². The average molecular weight is 218 g/mol. The molecule has 1 N–H and O–H groups in total. The van der Waals surface area contributed by atoms with Crippen LogP contribution in [0, 0.1) is 5.41 Å². The van der Waals surface area contributed by atoms with Crippen molar-refractivity contribution >= 4 is 11.5 Å². The van der Waals surface area contributed by atoms with Crippen molar-refractivity contribution in [3.05, 3.63) is 41.5 Å². The number of carboxylic acid groups (broad SMARTS) is 1. The molecule has 0 aliphatic rings.